The minimum atomic E-state index is -0.263. The van der Waals surface area contributed by atoms with Crippen molar-refractivity contribution >= 4 is 16.6 Å². The Kier molecular flexibility index (Phi) is 3.39. The Bertz CT molecular complexity index is 840. The molecule has 4 nitrogen and oxygen atoms in total. The lowest BCUT2D eigenvalue weighted by Crippen LogP contribution is -2.21. The number of anilines is 1. The SMILES string of the molecule is Nc1ccc2c(=O)n(CCc3ccc(F)cc3)cnc2c1. The van der Waals surface area contributed by atoms with E-state index in [-0.39, 0.29) is 11.4 Å². The molecule has 0 amide bonds. The highest BCUT2D eigenvalue weighted by molar-refractivity contribution is 5.80. The van der Waals surface area contributed by atoms with Gasteiger partial charge in [0.1, 0.15) is 5.82 Å². The van der Waals surface area contributed by atoms with Crippen LogP contribution in [0.15, 0.2) is 53.6 Å². The summed E-state index contributed by atoms with van der Waals surface area (Å²) in [7, 11) is 0. The van der Waals surface area contributed by atoms with Crippen LogP contribution in [0, 0.1) is 5.82 Å². The molecule has 2 N–H and O–H groups in total. The van der Waals surface area contributed by atoms with Crippen LogP contribution >= 0.6 is 0 Å². The second-order valence-corrected chi connectivity index (χ2v) is 4.90. The van der Waals surface area contributed by atoms with E-state index in [0.29, 0.717) is 29.6 Å². The van der Waals surface area contributed by atoms with Crippen LogP contribution in [-0.4, -0.2) is 9.55 Å². The van der Waals surface area contributed by atoms with E-state index < -0.39 is 0 Å². The summed E-state index contributed by atoms with van der Waals surface area (Å²) in [4.78, 5) is 16.6. The first-order valence-electron chi connectivity index (χ1n) is 6.62. The van der Waals surface area contributed by atoms with E-state index in [1.54, 1.807) is 34.9 Å². The first kappa shape index (κ1) is 13.3. The molecule has 0 aliphatic heterocycles. The molecule has 106 valence electrons. The fourth-order valence-corrected chi connectivity index (χ4v) is 2.24. The van der Waals surface area contributed by atoms with E-state index in [1.165, 1.54) is 18.5 Å². The third kappa shape index (κ3) is 2.76. The highest BCUT2D eigenvalue weighted by Crippen LogP contribution is 2.11. The van der Waals surface area contributed by atoms with Gasteiger partial charge in [-0.05, 0) is 42.3 Å². The van der Waals surface area contributed by atoms with Crippen molar-refractivity contribution in [2.24, 2.45) is 0 Å². The second kappa shape index (κ2) is 5.36. The summed E-state index contributed by atoms with van der Waals surface area (Å²) in [5.41, 5.74) is 7.73. The van der Waals surface area contributed by atoms with Gasteiger partial charge in [-0.3, -0.25) is 9.36 Å². The van der Waals surface area contributed by atoms with Crippen LogP contribution in [0.5, 0.6) is 0 Å². The molecule has 1 aromatic heterocycles. The van der Waals surface area contributed by atoms with Crippen LogP contribution < -0.4 is 11.3 Å². The van der Waals surface area contributed by atoms with E-state index in [1.807, 2.05) is 0 Å². The molecule has 2 aromatic carbocycles. The summed E-state index contributed by atoms with van der Waals surface area (Å²) in [6, 6.07) is 11.3. The number of aryl methyl sites for hydroxylation is 2. The smallest absolute Gasteiger partial charge is 0.261 e. The summed E-state index contributed by atoms with van der Waals surface area (Å²) >= 11 is 0. The monoisotopic (exact) mass is 283 g/mol. The minimum absolute atomic E-state index is 0.0953. The summed E-state index contributed by atoms with van der Waals surface area (Å²) in [6.45, 7) is 0.498. The fourth-order valence-electron chi connectivity index (χ4n) is 2.24. The molecule has 3 aromatic rings. The van der Waals surface area contributed by atoms with Crippen LogP contribution in [0.2, 0.25) is 0 Å². The van der Waals surface area contributed by atoms with Gasteiger partial charge in [-0.2, -0.15) is 0 Å². The molecule has 0 aliphatic rings. The van der Waals surface area contributed by atoms with Gasteiger partial charge < -0.3 is 5.73 Å². The highest BCUT2D eigenvalue weighted by atomic mass is 19.1. The number of aromatic nitrogens is 2. The average molecular weight is 283 g/mol. The number of fused-ring (bicyclic) bond motifs is 1. The van der Waals surface area contributed by atoms with E-state index in [4.69, 9.17) is 5.73 Å². The fraction of sp³-hybridized carbons (Fsp3) is 0.125. The maximum absolute atomic E-state index is 12.8. The van der Waals surface area contributed by atoms with Crippen molar-refractivity contribution in [3.8, 4) is 0 Å². The number of halogens is 1. The molecule has 21 heavy (non-hydrogen) atoms. The number of nitrogen functional groups attached to an aromatic ring is 1. The van der Waals surface area contributed by atoms with Gasteiger partial charge in [0.15, 0.2) is 0 Å². The summed E-state index contributed by atoms with van der Waals surface area (Å²) in [6.07, 6.45) is 2.16. The van der Waals surface area contributed by atoms with Crippen molar-refractivity contribution in [1.29, 1.82) is 0 Å². The Morgan fingerprint density at radius 2 is 1.90 bits per heavy atom. The molecule has 1 heterocycles. The second-order valence-electron chi connectivity index (χ2n) is 4.90. The molecule has 0 bridgehead atoms. The zero-order valence-corrected chi connectivity index (χ0v) is 11.3. The van der Waals surface area contributed by atoms with Gasteiger partial charge >= 0.3 is 0 Å². The number of nitrogens with two attached hydrogens (primary N) is 1. The lowest BCUT2D eigenvalue weighted by molar-refractivity contribution is 0.624. The van der Waals surface area contributed by atoms with Gasteiger partial charge in [-0.25, -0.2) is 9.37 Å². The Balaban J connectivity index is 1.87. The Hall–Kier alpha value is -2.69. The molecule has 3 rings (SSSR count). The third-order valence-corrected chi connectivity index (χ3v) is 3.40. The Morgan fingerprint density at radius 3 is 2.67 bits per heavy atom. The van der Waals surface area contributed by atoms with Crippen LogP contribution in [-0.2, 0) is 13.0 Å². The maximum atomic E-state index is 12.8. The Morgan fingerprint density at radius 1 is 1.14 bits per heavy atom. The first-order chi connectivity index (χ1) is 10.1. The van der Waals surface area contributed by atoms with Gasteiger partial charge in [-0.15, -0.1) is 0 Å². The molecular weight excluding hydrogens is 269 g/mol. The predicted molar refractivity (Wildman–Crippen MR) is 80.5 cm³/mol. The average Bonchev–Trinajstić information content (AvgIpc) is 2.48. The zero-order valence-electron chi connectivity index (χ0n) is 11.3. The third-order valence-electron chi connectivity index (χ3n) is 3.40. The molecule has 0 saturated carbocycles. The lowest BCUT2D eigenvalue weighted by atomic mass is 10.1. The van der Waals surface area contributed by atoms with Gasteiger partial charge in [0.25, 0.3) is 5.56 Å². The van der Waals surface area contributed by atoms with Crippen molar-refractivity contribution in [3.63, 3.8) is 0 Å². The summed E-state index contributed by atoms with van der Waals surface area (Å²) in [5.74, 6) is -0.263. The molecule has 0 unspecified atom stereocenters. The quantitative estimate of drug-likeness (QED) is 0.751. The van der Waals surface area contributed by atoms with Gasteiger partial charge in [-0.1, -0.05) is 12.1 Å². The Labute approximate surface area is 120 Å². The number of hydrogen-bond donors (Lipinski definition) is 1. The molecule has 5 heteroatoms. The normalized spacial score (nSPS) is 10.9. The number of nitrogens with zero attached hydrogens (tertiary/aromatic N) is 2. The summed E-state index contributed by atoms with van der Waals surface area (Å²) in [5, 5.41) is 0.547. The summed E-state index contributed by atoms with van der Waals surface area (Å²) < 4.78 is 14.4. The van der Waals surface area contributed by atoms with E-state index in [2.05, 4.69) is 4.98 Å². The van der Waals surface area contributed by atoms with Crippen molar-refractivity contribution in [1.82, 2.24) is 9.55 Å². The molecule has 0 spiro atoms. The van der Waals surface area contributed by atoms with Crippen molar-refractivity contribution in [2.75, 3.05) is 5.73 Å². The lowest BCUT2D eigenvalue weighted by Gasteiger charge is -2.07. The predicted octanol–water partition coefficient (Wildman–Crippen LogP) is 2.36. The minimum Gasteiger partial charge on any atom is -0.399 e. The number of hydrogen-bond acceptors (Lipinski definition) is 3. The van der Waals surface area contributed by atoms with Crippen molar-refractivity contribution < 1.29 is 4.39 Å². The van der Waals surface area contributed by atoms with Crippen LogP contribution in [0.3, 0.4) is 0 Å². The molecule has 0 fully saturated rings. The van der Waals surface area contributed by atoms with Gasteiger partial charge in [0.05, 0.1) is 17.2 Å². The van der Waals surface area contributed by atoms with Crippen molar-refractivity contribution in [2.45, 2.75) is 13.0 Å². The van der Waals surface area contributed by atoms with E-state index in [9.17, 15) is 9.18 Å². The largest absolute Gasteiger partial charge is 0.399 e. The topological polar surface area (TPSA) is 60.9 Å². The van der Waals surface area contributed by atoms with Crippen LogP contribution in [0.1, 0.15) is 5.56 Å². The van der Waals surface area contributed by atoms with E-state index in [0.717, 1.165) is 5.56 Å². The molecule has 0 saturated heterocycles. The maximum Gasteiger partial charge on any atom is 0.261 e. The molecule has 0 atom stereocenters. The van der Waals surface area contributed by atoms with Crippen LogP contribution in [0.25, 0.3) is 10.9 Å². The number of rotatable bonds is 3. The standard InChI is InChI=1S/C16H14FN3O/c17-12-3-1-11(2-4-12)7-8-20-10-19-15-9-13(18)5-6-14(15)16(20)21/h1-6,9-10H,7-8,18H2. The molecule has 0 radical (unpaired) electrons. The number of benzene rings is 2. The molecule has 0 aliphatic carbocycles. The van der Waals surface area contributed by atoms with Gasteiger partial charge in [0, 0.05) is 12.2 Å². The zero-order chi connectivity index (χ0) is 14.8. The first-order valence-corrected chi connectivity index (χ1v) is 6.62. The highest BCUT2D eigenvalue weighted by Gasteiger charge is 2.04. The van der Waals surface area contributed by atoms with Crippen molar-refractivity contribution in [3.05, 3.63) is 70.5 Å². The molecular formula is C16H14FN3O. The van der Waals surface area contributed by atoms with E-state index >= 15 is 0 Å². The van der Waals surface area contributed by atoms with Crippen LogP contribution in [0.4, 0.5) is 10.1 Å². The van der Waals surface area contributed by atoms with Gasteiger partial charge in [0.2, 0.25) is 0 Å².